The summed E-state index contributed by atoms with van der Waals surface area (Å²) in [4.78, 5) is 4.56. The van der Waals surface area contributed by atoms with Gasteiger partial charge in [0.2, 0.25) is 0 Å². The Labute approximate surface area is 43.6 Å². The van der Waals surface area contributed by atoms with E-state index in [2.05, 4.69) is 11.8 Å². The molecule has 1 fully saturated rings. The molecule has 0 unspecified atom stereocenters. The molecule has 0 aromatic rings. The van der Waals surface area contributed by atoms with Crippen molar-refractivity contribution in [1.82, 2.24) is 0 Å². The van der Waals surface area contributed by atoms with Gasteiger partial charge in [0.15, 0.2) is 0 Å². The van der Waals surface area contributed by atoms with Gasteiger partial charge in [-0.2, -0.15) is 0 Å². The van der Waals surface area contributed by atoms with Gasteiger partial charge < -0.3 is 4.84 Å². The molecule has 0 aliphatic heterocycles. The summed E-state index contributed by atoms with van der Waals surface area (Å²) in [5.74, 6) is 5.74. The third-order valence-corrected chi connectivity index (χ3v) is 1.52. The smallest absolute Gasteiger partial charge is 0.0792 e. The molecule has 2 heteroatoms. The molecule has 1 aliphatic rings. The van der Waals surface area contributed by atoms with Crippen molar-refractivity contribution in [1.29, 1.82) is 0 Å². The molecule has 0 amide bonds. The predicted molar refractivity (Wildman–Crippen MR) is 27.5 cm³/mol. The largest absolute Gasteiger partial charge is 0.301 e. The normalized spacial score (nSPS) is 40.3. The second kappa shape index (κ2) is 1.80. The summed E-state index contributed by atoms with van der Waals surface area (Å²) in [5.41, 5.74) is 0. The van der Waals surface area contributed by atoms with Crippen LogP contribution in [0.5, 0.6) is 0 Å². The van der Waals surface area contributed by atoms with Crippen molar-refractivity contribution < 1.29 is 4.84 Å². The van der Waals surface area contributed by atoms with Gasteiger partial charge in [-0.3, -0.25) is 0 Å². The Hall–Kier alpha value is -0.0800. The Morgan fingerprint density at radius 2 is 2.14 bits per heavy atom. The van der Waals surface area contributed by atoms with Crippen LogP contribution in [-0.4, -0.2) is 6.10 Å². The molecule has 0 aromatic heterocycles. The van der Waals surface area contributed by atoms with Gasteiger partial charge in [0.1, 0.15) is 0 Å². The van der Waals surface area contributed by atoms with Crippen molar-refractivity contribution in [2.75, 3.05) is 0 Å². The van der Waals surface area contributed by atoms with Crippen LogP contribution in [0.2, 0.25) is 0 Å². The lowest BCUT2D eigenvalue weighted by molar-refractivity contribution is -0.0268. The molecule has 1 rings (SSSR count). The highest BCUT2D eigenvalue weighted by Crippen LogP contribution is 2.27. The second-order valence-corrected chi connectivity index (χ2v) is 2.33. The Morgan fingerprint density at radius 3 is 2.29 bits per heavy atom. The lowest BCUT2D eigenvalue weighted by atomic mass is 9.84. The molecule has 0 aromatic carbocycles. The summed E-state index contributed by atoms with van der Waals surface area (Å²) in [7, 11) is 0. The minimum Gasteiger partial charge on any atom is -0.301 e. The molecular formula is C5H11NO. The fourth-order valence-corrected chi connectivity index (χ4v) is 0.940. The van der Waals surface area contributed by atoms with Crippen LogP contribution in [0.1, 0.15) is 19.8 Å². The molecule has 0 bridgehead atoms. The quantitative estimate of drug-likeness (QED) is 0.493. The molecule has 0 atom stereocenters. The predicted octanol–water partition coefficient (Wildman–Crippen LogP) is 0.675. The number of hydrogen-bond acceptors (Lipinski definition) is 2. The summed E-state index contributed by atoms with van der Waals surface area (Å²) in [6, 6.07) is 0. The minimum atomic E-state index is 0.370. The topological polar surface area (TPSA) is 35.2 Å². The Morgan fingerprint density at radius 1 is 1.57 bits per heavy atom. The van der Waals surface area contributed by atoms with E-state index in [4.69, 9.17) is 5.90 Å². The van der Waals surface area contributed by atoms with Gasteiger partial charge in [-0.25, -0.2) is 5.90 Å². The summed E-state index contributed by atoms with van der Waals surface area (Å²) < 4.78 is 0. The number of nitrogens with two attached hydrogens (primary N) is 1. The highest BCUT2D eigenvalue weighted by Gasteiger charge is 2.24. The van der Waals surface area contributed by atoms with Gasteiger partial charge in [0.05, 0.1) is 6.10 Å². The first-order valence-corrected chi connectivity index (χ1v) is 2.68. The molecular weight excluding hydrogens is 90.1 g/mol. The third-order valence-electron chi connectivity index (χ3n) is 1.52. The molecule has 1 saturated carbocycles. The first-order valence-electron chi connectivity index (χ1n) is 2.68. The van der Waals surface area contributed by atoms with Gasteiger partial charge in [-0.1, -0.05) is 6.92 Å². The van der Waals surface area contributed by atoms with E-state index < -0.39 is 0 Å². The highest BCUT2D eigenvalue weighted by atomic mass is 16.6. The van der Waals surface area contributed by atoms with Crippen molar-refractivity contribution in [2.24, 2.45) is 11.8 Å². The number of hydrogen-bond donors (Lipinski definition) is 1. The SMILES string of the molecule is CC1CC(ON)C1. The van der Waals surface area contributed by atoms with Crippen molar-refractivity contribution in [3.63, 3.8) is 0 Å². The molecule has 7 heavy (non-hydrogen) atoms. The molecule has 2 N–H and O–H groups in total. The van der Waals surface area contributed by atoms with Crippen LogP contribution in [0.3, 0.4) is 0 Å². The molecule has 0 saturated heterocycles. The fraction of sp³-hybridized carbons (Fsp3) is 1.00. The summed E-state index contributed by atoms with van der Waals surface area (Å²) in [6.45, 7) is 2.20. The Balaban J connectivity index is 2.06. The maximum Gasteiger partial charge on any atom is 0.0792 e. The van der Waals surface area contributed by atoms with E-state index in [1.165, 1.54) is 0 Å². The van der Waals surface area contributed by atoms with E-state index in [0.29, 0.717) is 6.10 Å². The van der Waals surface area contributed by atoms with E-state index in [1.807, 2.05) is 0 Å². The standard InChI is InChI=1S/C5H11NO/c1-4-2-5(3-4)7-6/h4-5H,2-3,6H2,1H3. The monoisotopic (exact) mass is 101 g/mol. The van der Waals surface area contributed by atoms with Crippen molar-refractivity contribution in [3.05, 3.63) is 0 Å². The van der Waals surface area contributed by atoms with Gasteiger partial charge >= 0.3 is 0 Å². The van der Waals surface area contributed by atoms with Crippen molar-refractivity contribution in [3.8, 4) is 0 Å². The van der Waals surface area contributed by atoms with E-state index >= 15 is 0 Å². The van der Waals surface area contributed by atoms with Gasteiger partial charge in [-0.15, -0.1) is 0 Å². The Kier molecular flexibility index (Phi) is 1.30. The van der Waals surface area contributed by atoms with Crippen LogP contribution >= 0.6 is 0 Å². The van der Waals surface area contributed by atoms with Crippen LogP contribution in [0.4, 0.5) is 0 Å². The van der Waals surface area contributed by atoms with Crippen LogP contribution < -0.4 is 5.90 Å². The molecule has 42 valence electrons. The zero-order valence-corrected chi connectivity index (χ0v) is 4.55. The summed E-state index contributed by atoms with van der Waals surface area (Å²) in [6.07, 6.45) is 2.67. The Bertz CT molecular complexity index is 59.1. The van der Waals surface area contributed by atoms with Crippen LogP contribution in [0.25, 0.3) is 0 Å². The maximum absolute atomic E-state index is 4.90. The van der Waals surface area contributed by atoms with Crippen LogP contribution in [0.15, 0.2) is 0 Å². The van der Waals surface area contributed by atoms with Crippen molar-refractivity contribution in [2.45, 2.75) is 25.9 Å². The van der Waals surface area contributed by atoms with Crippen LogP contribution in [0, 0.1) is 5.92 Å². The summed E-state index contributed by atoms with van der Waals surface area (Å²) in [5, 5.41) is 0. The van der Waals surface area contributed by atoms with Gasteiger partial charge in [0.25, 0.3) is 0 Å². The molecule has 0 spiro atoms. The van der Waals surface area contributed by atoms with Gasteiger partial charge in [-0.05, 0) is 18.8 Å². The molecule has 2 nitrogen and oxygen atoms in total. The minimum absolute atomic E-state index is 0.370. The van der Waals surface area contributed by atoms with E-state index in [-0.39, 0.29) is 0 Å². The molecule has 0 radical (unpaired) electrons. The first kappa shape index (κ1) is 5.06. The second-order valence-electron chi connectivity index (χ2n) is 2.33. The average molecular weight is 101 g/mol. The zero-order chi connectivity index (χ0) is 5.28. The fourth-order valence-electron chi connectivity index (χ4n) is 0.940. The maximum atomic E-state index is 4.90. The summed E-state index contributed by atoms with van der Waals surface area (Å²) >= 11 is 0. The first-order chi connectivity index (χ1) is 3.33. The average Bonchev–Trinajstić information content (AvgIpc) is 1.58. The van der Waals surface area contributed by atoms with E-state index in [0.717, 1.165) is 18.8 Å². The van der Waals surface area contributed by atoms with Gasteiger partial charge in [0, 0.05) is 0 Å². The lowest BCUT2D eigenvalue weighted by Crippen LogP contribution is -2.31. The number of rotatable bonds is 1. The third kappa shape index (κ3) is 0.924. The highest BCUT2D eigenvalue weighted by molar-refractivity contribution is 4.75. The molecule has 0 heterocycles. The van der Waals surface area contributed by atoms with E-state index in [1.54, 1.807) is 0 Å². The zero-order valence-electron chi connectivity index (χ0n) is 4.55. The molecule has 1 aliphatic carbocycles. The lowest BCUT2D eigenvalue weighted by Gasteiger charge is -2.29. The van der Waals surface area contributed by atoms with Crippen LogP contribution in [-0.2, 0) is 4.84 Å². The van der Waals surface area contributed by atoms with E-state index in [9.17, 15) is 0 Å². The van der Waals surface area contributed by atoms with Crippen molar-refractivity contribution >= 4 is 0 Å².